The average Bonchev–Trinajstić information content (AvgIpc) is 2.38. The summed E-state index contributed by atoms with van der Waals surface area (Å²) in [5.74, 6) is 0. The zero-order valence-corrected chi connectivity index (χ0v) is 12.3. The van der Waals surface area contributed by atoms with Crippen molar-refractivity contribution in [1.82, 2.24) is 9.97 Å². The Bertz CT molecular complexity index is 822. The highest BCUT2D eigenvalue weighted by Gasteiger charge is 2.13. The van der Waals surface area contributed by atoms with E-state index in [4.69, 9.17) is 11.6 Å². The summed E-state index contributed by atoms with van der Waals surface area (Å²) in [7, 11) is 0. The molecule has 0 amide bonds. The molecule has 3 heteroatoms. The average molecular weight is 271 g/mol. The molecule has 0 aliphatic carbocycles. The van der Waals surface area contributed by atoms with Crippen molar-refractivity contribution in [2.45, 2.75) is 27.7 Å². The van der Waals surface area contributed by atoms with Crippen molar-refractivity contribution in [3.05, 3.63) is 45.7 Å². The minimum atomic E-state index is 0.756. The monoisotopic (exact) mass is 270 g/mol. The Labute approximate surface area is 117 Å². The minimum Gasteiger partial charge on any atom is -0.254 e. The van der Waals surface area contributed by atoms with Gasteiger partial charge in [0.05, 0.1) is 16.1 Å². The molecule has 0 unspecified atom stereocenters. The molecule has 0 saturated heterocycles. The molecule has 3 rings (SSSR count). The van der Waals surface area contributed by atoms with Gasteiger partial charge in [0.2, 0.25) is 0 Å². The molecule has 19 heavy (non-hydrogen) atoms. The summed E-state index contributed by atoms with van der Waals surface area (Å²) >= 11 is 6.47. The van der Waals surface area contributed by atoms with Crippen LogP contribution in [0.4, 0.5) is 0 Å². The van der Waals surface area contributed by atoms with Gasteiger partial charge in [0.25, 0.3) is 0 Å². The second kappa shape index (κ2) is 4.17. The number of rotatable bonds is 0. The van der Waals surface area contributed by atoms with E-state index < -0.39 is 0 Å². The Kier molecular flexibility index (Phi) is 2.72. The van der Waals surface area contributed by atoms with E-state index in [2.05, 4.69) is 37.7 Å². The molecule has 0 aliphatic rings. The van der Waals surface area contributed by atoms with Crippen LogP contribution in [-0.2, 0) is 0 Å². The van der Waals surface area contributed by atoms with Gasteiger partial charge in [-0.05, 0) is 56.0 Å². The SMILES string of the molecule is Cc1cnc2c(cc(Cl)c3c(C)c(C)cnc32)c1C. The molecule has 0 aliphatic heterocycles. The highest BCUT2D eigenvalue weighted by Crippen LogP contribution is 2.34. The van der Waals surface area contributed by atoms with Crippen LogP contribution in [0.5, 0.6) is 0 Å². The number of aromatic nitrogens is 2. The lowest BCUT2D eigenvalue weighted by Gasteiger charge is -2.12. The van der Waals surface area contributed by atoms with Crippen LogP contribution in [0.2, 0.25) is 5.02 Å². The van der Waals surface area contributed by atoms with Gasteiger partial charge >= 0.3 is 0 Å². The minimum absolute atomic E-state index is 0.756. The molecule has 96 valence electrons. The fraction of sp³-hybridized carbons (Fsp3) is 0.250. The fourth-order valence-electron chi connectivity index (χ4n) is 2.45. The van der Waals surface area contributed by atoms with Gasteiger partial charge in [-0.1, -0.05) is 11.6 Å². The summed E-state index contributed by atoms with van der Waals surface area (Å²) in [5, 5.41) is 2.87. The number of fused-ring (bicyclic) bond motifs is 3. The Morgan fingerprint density at radius 2 is 1.42 bits per heavy atom. The summed E-state index contributed by atoms with van der Waals surface area (Å²) in [4.78, 5) is 9.11. The van der Waals surface area contributed by atoms with Gasteiger partial charge in [-0.3, -0.25) is 9.97 Å². The van der Waals surface area contributed by atoms with Crippen molar-refractivity contribution in [3.63, 3.8) is 0 Å². The van der Waals surface area contributed by atoms with Crippen molar-refractivity contribution in [2.24, 2.45) is 0 Å². The highest BCUT2D eigenvalue weighted by atomic mass is 35.5. The number of hydrogen-bond acceptors (Lipinski definition) is 2. The van der Waals surface area contributed by atoms with Crippen LogP contribution in [0, 0.1) is 27.7 Å². The molecule has 0 saturated carbocycles. The predicted molar refractivity (Wildman–Crippen MR) is 81.0 cm³/mol. The summed E-state index contributed by atoms with van der Waals surface area (Å²) in [6.07, 6.45) is 3.80. The second-order valence-electron chi connectivity index (χ2n) is 5.11. The molecular formula is C16H15ClN2. The van der Waals surface area contributed by atoms with Gasteiger partial charge in [-0.25, -0.2) is 0 Å². The summed E-state index contributed by atoms with van der Waals surface area (Å²) in [6, 6.07) is 2.02. The molecule has 0 radical (unpaired) electrons. The van der Waals surface area contributed by atoms with Crippen LogP contribution >= 0.6 is 11.6 Å². The molecule has 2 heterocycles. The summed E-state index contributed by atoms with van der Waals surface area (Å²) < 4.78 is 0. The Balaban J connectivity index is 2.62. The predicted octanol–water partition coefficient (Wildman–Crippen LogP) is 4.67. The normalized spacial score (nSPS) is 11.4. The maximum Gasteiger partial charge on any atom is 0.0982 e. The first kappa shape index (κ1) is 12.4. The molecule has 2 aromatic heterocycles. The third-order valence-electron chi connectivity index (χ3n) is 3.96. The molecule has 3 aromatic rings. The van der Waals surface area contributed by atoms with E-state index >= 15 is 0 Å². The second-order valence-corrected chi connectivity index (χ2v) is 5.52. The Morgan fingerprint density at radius 3 is 2.11 bits per heavy atom. The standard InChI is InChI=1S/C16H15ClN2/c1-8-6-18-15-12(10(8)3)5-13(17)14-11(4)9(2)7-19-16(14)15/h5-7H,1-4H3. The fourth-order valence-corrected chi connectivity index (χ4v) is 2.79. The maximum absolute atomic E-state index is 6.47. The van der Waals surface area contributed by atoms with E-state index in [9.17, 15) is 0 Å². The molecule has 2 nitrogen and oxygen atoms in total. The first-order valence-electron chi connectivity index (χ1n) is 6.31. The molecule has 1 aromatic carbocycles. The van der Waals surface area contributed by atoms with E-state index in [1.807, 2.05) is 18.5 Å². The van der Waals surface area contributed by atoms with Crippen molar-refractivity contribution >= 4 is 33.4 Å². The molecule has 0 fully saturated rings. The number of hydrogen-bond donors (Lipinski definition) is 0. The van der Waals surface area contributed by atoms with Gasteiger partial charge in [0, 0.05) is 23.2 Å². The Morgan fingerprint density at radius 1 is 0.842 bits per heavy atom. The van der Waals surface area contributed by atoms with E-state index in [0.717, 1.165) is 32.4 Å². The summed E-state index contributed by atoms with van der Waals surface area (Å²) in [5.41, 5.74) is 6.55. The van der Waals surface area contributed by atoms with Crippen molar-refractivity contribution in [1.29, 1.82) is 0 Å². The van der Waals surface area contributed by atoms with Crippen LogP contribution in [0.25, 0.3) is 21.8 Å². The van der Waals surface area contributed by atoms with Crippen molar-refractivity contribution in [3.8, 4) is 0 Å². The topological polar surface area (TPSA) is 25.8 Å². The van der Waals surface area contributed by atoms with Crippen molar-refractivity contribution < 1.29 is 0 Å². The number of halogens is 1. The van der Waals surface area contributed by atoms with Crippen LogP contribution < -0.4 is 0 Å². The third kappa shape index (κ3) is 1.71. The molecule has 0 atom stereocenters. The first-order valence-corrected chi connectivity index (χ1v) is 6.69. The zero-order chi connectivity index (χ0) is 13.7. The lowest BCUT2D eigenvalue weighted by molar-refractivity contribution is 1.25. The van der Waals surface area contributed by atoms with E-state index in [-0.39, 0.29) is 0 Å². The van der Waals surface area contributed by atoms with E-state index in [0.29, 0.717) is 0 Å². The molecule has 0 bridgehead atoms. The maximum atomic E-state index is 6.47. The molecular weight excluding hydrogens is 256 g/mol. The van der Waals surface area contributed by atoms with Gasteiger partial charge in [0.15, 0.2) is 0 Å². The van der Waals surface area contributed by atoms with Crippen LogP contribution in [0.15, 0.2) is 18.5 Å². The smallest absolute Gasteiger partial charge is 0.0982 e. The number of nitrogens with zero attached hydrogens (tertiary/aromatic N) is 2. The van der Waals surface area contributed by atoms with E-state index in [1.54, 1.807) is 0 Å². The van der Waals surface area contributed by atoms with Crippen LogP contribution in [0.3, 0.4) is 0 Å². The lowest BCUT2D eigenvalue weighted by Crippen LogP contribution is -1.94. The van der Waals surface area contributed by atoms with Gasteiger partial charge in [-0.2, -0.15) is 0 Å². The van der Waals surface area contributed by atoms with Crippen LogP contribution in [-0.4, -0.2) is 9.97 Å². The Hall–Kier alpha value is -1.67. The first-order chi connectivity index (χ1) is 9.00. The van der Waals surface area contributed by atoms with Crippen molar-refractivity contribution in [2.75, 3.05) is 0 Å². The van der Waals surface area contributed by atoms with Gasteiger partial charge in [-0.15, -0.1) is 0 Å². The van der Waals surface area contributed by atoms with Gasteiger partial charge < -0.3 is 0 Å². The summed E-state index contributed by atoms with van der Waals surface area (Å²) in [6.45, 7) is 8.30. The number of pyridine rings is 2. The molecule has 0 spiro atoms. The highest BCUT2D eigenvalue weighted by molar-refractivity contribution is 6.37. The quantitative estimate of drug-likeness (QED) is 0.555. The van der Waals surface area contributed by atoms with E-state index in [1.165, 1.54) is 16.7 Å². The lowest BCUT2D eigenvalue weighted by atomic mass is 10.00. The number of benzene rings is 1. The van der Waals surface area contributed by atoms with Gasteiger partial charge in [0.1, 0.15) is 0 Å². The largest absolute Gasteiger partial charge is 0.254 e. The van der Waals surface area contributed by atoms with Crippen LogP contribution in [0.1, 0.15) is 22.3 Å². The molecule has 0 N–H and O–H groups in total. The zero-order valence-electron chi connectivity index (χ0n) is 11.5. The third-order valence-corrected chi connectivity index (χ3v) is 4.26. The number of aryl methyl sites for hydroxylation is 4.